The van der Waals surface area contributed by atoms with Crippen LogP contribution in [0.3, 0.4) is 0 Å². The number of aliphatic imine (C=N–C) groups is 1. The molecule has 1 aliphatic carbocycles. The predicted molar refractivity (Wildman–Crippen MR) is 122 cm³/mol. The summed E-state index contributed by atoms with van der Waals surface area (Å²) in [5.41, 5.74) is 3.86. The molecule has 1 atom stereocenters. The first kappa shape index (κ1) is 20.2. The van der Waals surface area contributed by atoms with Gasteiger partial charge < -0.3 is 5.32 Å². The number of nitrogens with one attached hydrogen (secondary N) is 1. The summed E-state index contributed by atoms with van der Waals surface area (Å²) in [5, 5.41) is 3.16. The number of para-hydroxylation sites is 1. The second kappa shape index (κ2) is 8.32. The number of aryl methyl sites for hydroxylation is 1. The lowest BCUT2D eigenvalue weighted by Gasteiger charge is -2.16. The molecule has 29 heavy (non-hydrogen) atoms. The minimum absolute atomic E-state index is 0.0103. The van der Waals surface area contributed by atoms with E-state index in [0.29, 0.717) is 10.9 Å². The van der Waals surface area contributed by atoms with E-state index in [0.717, 1.165) is 28.6 Å². The van der Waals surface area contributed by atoms with Crippen LogP contribution >= 0.6 is 27.7 Å². The number of amides is 2. The lowest BCUT2D eigenvalue weighted by atomic mass is 10.1. The maximum atomic E-state index is 13.0. The van der Waals surface area contributed by atoms with Crippen LogP contribution in [-0.4, -0.2) is 33.2 Å². The molecule has 7 heteroatoms. The molecule has 2 amide bonds. The van der Waals surface area contributed by atoms with Gasteiger partial charge >= 0.3 is 0 Å². The topological polar surface area (TPSA) is 61.8 Å². The largest absolute Gasteiger partial charge is 0.325 e. The highest BCUT2D eigenvalue weighted by Gasteiger charge is 2.46. The van der Waals surface area contributed by atoms with Crippen LogP contribution in [0.15, 0.2) is 51.9 Å². The van der Waals surface area contributed by atoms with Crippen molar-refractivity contribution in [3.63, 3.8) is 0 Å². The third-order valence-corrected chi connectivity index (χ3v) is 7.03. The average Bonchev–Trinajstić information content (AvgIpc) is 3.47. The van der Waals surface area contributed by atoms with E-state index in [9.17, 15) is 9.59 Å². The van der Waals surface area contributed by atoms with E-state index in [1.807, 2.05) is 48.2 Å². The third kappa shape index (κ3) is 4.41. The minimum Gasteiger partial charge on any atom is -0.325 e. The first-order chi connectivity index (χ1) is 13.9. The Kier molecular flexibility index (Phi) is 5.79. The Morgan fingerprint density at radius 2 is 1.97 bits per heavy atom. The molecular weight excluding hydrogens is 450 g/mol. The van der Waals surface area contributed by atoms with Gasteiger partial charge in [0.25, 0.3) is 0 Å². The summed E-state index contributed by atoms with van der Waals surface area (Å²) in [6.07, 6.45) is 2.11. The number of rotatable bonds is 5. The van der Waals surface area contributed by atoms with Crippen LogP contribution in [0, 0.1) is 13.8 Å². The zero-order valence-electron chi connectivity index (χ0n) is 16.3. The van der Waals surface area contributed by atoms with Gasteiger partial charge in [0.1, 0.15) is 5.25 Å². The van der Waals surface area contributed by atoms with Gasteiger partial charge in [-0.1, -0.05) is 36.0 Å². The van der Waals surface area contributed by atoms with Gasteiger partial charge in [-0.05, 0) is 71.9 Å². The lowest BCUT2D eigenvalue weighted by molar-refractivity contribution is -0.128. The summed E-state index contributed by atoms with van der Waals surface area (Å²) in [5.74, 6) is -0.185. The van der Waals surface area contributed by atoms with E-state index in [1.165, 1.54) is 17.3 Å². The number of halogens is 1. The maximum Gasteiger partial charge on any atom is 0.242 e. The van der Waals surface area contributed by atoms with Gasteiger partial charge in [-0.3, -0.25) is 14.5 Å². The summed E-state index contributed by atoms with van der Waals surface area (Å²) in [6, 6.07) is 13.7. The van der Waals surface area contributed by atoms with Gasteiger partial charge in [0.15, 0.2) is 5.17 Å². The molecule has 0 aromatic heterocycles. The number of hydrogen-bond donors (Lipinski definition) is 1. The number of hydrogen-bond acceptors (Lipinski definition) is 4. The molecule has 1 aliphatic heterocycles. The van der Waals surface area contributed by atoms with Crippen LogP contribution in [0.5, 0.6) is 0 Å². The smallest absolute Gasteiger partial charge is 0.242 e. The summed E-state index contributed by atoms with van der Waals surface area (Å²) in [6.45, 7) is 4.10. The normalized spacial score (nSPS) is 20.4. The molecule has 1 saturated heterocycles. The number of anilines is 1. The highest BCUT2D eigenvalue weighted by Crippen LogP contribution is 2.40. The fourth-order valence-electron chi connectivity index (χ4n) is 3.25. The molecule has 0 bridgehead atoms. The van der Waals surface area contributed by atoms with Crippen LogP contribution < -0.4 is 5.32 Å². The van der Waals surface area contributed by atoms with E-state index < -0.39 is 5.25 Å². The number of carbonyl (C=O) groups excluding carboxylic acids is 2. The average molecular weight is 472 g/mol. The summed E-state index contributed by atoms with van der Waals surface area (Å²) in [7, 11) is 0. The molecular formula is C22H22BrN3O2S. The van der Waals surface area contributed by atoms with Crippen molar-refractivity contribution in [3.05, 3.63) is 58.1 Å². The quantitative estimate of drug-likeness (QED) is 0.652. The van der Waals surface area contributed by atoms with Crippen molar-refractivity contribution in [1.29, 1.82) is 0 Å². The molecule has 0 radical (unpaired) electrons. The Labute approximate surface area is 183 Å². The number of amidine groups is 1. The second-order valence-electron chi connectivity index (χ2n) is 7.39. The fraction of sp³-hybridized carbons (Fsp3) is 0.318. The van der Waals surface area contributed by atoms with Crippen molar-refractivity contribution in [2.45, 2.75) is 44.4 Å². The molecule has 0 spiro atoms. The molecule has 1 N–H and O–H groups in total. The first-order valence-corrected chi connectivity index (χ1v) is 11.3. The molecule has 1 heterocycles. The van der Waals surface area contributed by atoms with Gasteiger partial charge in [0, 0.05) is 16.9 Å². The van der Waals surface area contributed by atoms with E-state index >= 15 is 0 Å². The first-order valence-electron chi connectivity index (χ1n) is 9.63. The van der Waals surface area contributed by atoms with Crippen molar-refractivity contribution in [2.75, 3.05) is 5.32 Å². The van der Waals surface area contributed by atoms with E-state index in [4.69, 9.17) is 4.99 Å². The minimum atomic E-state index is -0.443. The van der Waals surface area contributed by atoms with Gasteiger partial charge in [0.2, 0.25) is 11.8 Å². The zero-order valence-corrected chi connectivity index (χ0v) is 18.7. The van der Waals surface area contributed by atoms with Crippen molar-refractivity contribution in [2.24, 2.45) is 4.99 Å². The lowest BCUT2D eigenvalue weighted by Crippen LogP contribution is -2.35. The Bertz CT molecular complexity index is 1000. The Hall–Kier alpha value is -2.12. The van der Waals surface area contributed by atoms with Gasteiger partial charge in [0.05, 0.1) is 11.4 Å². The summed E-state index contributed by atoms with van der Waals surface area (Å²) < 4.78 is 0.815. The van der Waals surface area contributed by atoms with E-state index in [-0.39, 0.29) is 24.3 Å². The highest BCUT2D eigenvalue weighted by molar-refractivity contribution is 9.10. The predicted octanol–water partition coefficient (Wildman–Crippen LogP) is 5.19. The number of benzene rings is 2. The number of carbonyl (C=O) groups is 2. The number of nitrogens with zero attached hydrogens (tertiary/aromatic N) is 2. The molecule has 2 fully saturated rings. The van der Waals surface area contributed by atoms with Crippen LogP contribution in [-0.2, 0) is 9.59 Å². The Balaban J connectivity index is 1.53. The molecule has 2 aromatic rings. The van der Waals surface area contributed by atoms with Crippen molar-refractivity contribution in [3.8, 4) is 0 Å². The second-order valence-corrected chi connectivity index (χ2v) is 9.42. The van der Waals surface area contributed by atoms with Crippen LogP contribution in [0.2, 0.25) is 0 Å². The van der Waals surface area contributed by atoms with Crippen molar-refractivity contribution < 1.29 is 9.59 Å². The highest BCUT2D eigenvalue weighted by atomic mass is 79.9. The number of thioether (sulfide) groups is 1. The monoisotopic (exact) mass is 471 g/mol. The SMILES string of the molecule is Cc1cccc(N=C2SC(CC(=O)Nc3ccccc3Br)C(=O)N2C2CC2)c1C. The molecule has 1 unspecified atom stereocenters. The fourth-order valence-corrected chi connectivity index (χ4v) is 4.84. The molecule has 5 nitrogen and oxygen atoms in total. The standard InChI is InChI=1S/C22H22BrN3O2S/c1-13-6-5-9-17(14(13)2)25-22-26(15-10-11-15)21(28)19(29-22)12-20(27)24-18-8-4-3-7-16(18)23/h3-9,15,19H,10-12H2,1-2H3,(H,24,27). The molecule has 1 saturated carbocycles. The van der Waals surface area contributed by atoms with Crippen LogP contribution in [0.25, 0.3) is 0 Å². The summed E-state index contributed by atoms with van der Waals surface area (Å²) >= 11 is 4.83. The zero-order chi connectivity index (χ0) is 20.5. The molecule has 2 aliphatic rings. The van der Waals surface area contributed by atoms with Gasteiger partial charge in [-0.15, -0.1) is 0 Å². The van der Waals surface area contributed by atoms with Gasteiger partial charge in [-0.25, -0.2) is 4.99 Å². The van der Waals surface area contributed by atoms with Crippen molar-refractivity contribution in [1.82, 2.24) is 4.90 Å². The van der Waals surface area contributed by atoms with Gasteiger partial charge in [-0.2, -0.15) is 0 Å². The molecule has 150 valence electrons. The van der Waals surface area contributed by atoms with Crippen LogP contribution in [0.4, 0.5) is 11.4 Å². The summed E-state index contributed by atoms with van der Waals surface area (Å²) in [4.78, 5) is 32.2. The molecule has 2 aromatic carbocycles. The third-order valence-electron chi connectivity index (χ3n) is 5.19. The Morgan fingerprint density at radius 3 is 2.69 bits per heavy atom. The van der Waals surface area contributed by atoms with E-state index in [2.05, 4.69) is 34.2 Å². The molecule has 4 rings (SSSR count). The maximum absolute atomic E-state index is 13.0. The Morgan fingerprint density at radius 1 is 1.21 bits per heavy atom. The van der Waals surface area contributed by atoms with Crippen molar-refractivity contribution >= 4 is 56.0 Å². The van der Waals surface area contributed by atoms with Crippen LogP contribution in [0.1, 0.15) is 30.4 Å². The van der Waals surface area contributed by atoms with E-state index in [1.54, 1.807) is 0 Å².